The van der Waals surface area contributed by atoms with Gasteiger partial charge in [-0.3, -0.25) is 14.4 Å². The Bertz CT molecular complexity index is 1950. The van der Waals surface area contributed by atoms with E-state index in [1.54, 1.807) is 0 Å². The fourth-order valence-corrected chi connectivity index (χ4v) is 8.84. The summed E-state index contributed by atoms with van der Waals surface area (Å²) < 4.78 is 28.4. The topological polar surface area (TPSA) is 175 Å². The third-order valence-corrected chi connectivity index (χ3v) is 13.7. The number of hydrogen-bond donors (Lipinski definition) is 3. The Balaban J connectivity index is 2.72. The van der Waals surface area contributed by atoms with E-state index in [-0.39, 0.29) is 25.9 Å². The zero-order valence-corrected chi connectivity index (χ0v) is 51.6. The lowest BCUT2D eigenvalue weighted by molar-refractivity contribution is -0.301. The second kappa shape index (κ2) is 57.3. The van der Waals surface area contributed by atoms with Gasteiger partial charge in [0.15, 0.2) is 24.6 Å². The third kappa shape index (κ3) is 46.9. The van der Waals surface area contributed by atoms with Crippen molar-refractivity contribution in [3.8, 4) is 0 Å². The largest absolute Gasteiger partial charge is 0.479 e. The first kappa shape index (κ1) is 75.9. The molecule has 12 heteroatoms. The molecule has 468 valence electrons. The van der Waals surface area contributed by atoms with Gasteiger partial charge in [-0.05, 0) is 128 Å². The number of hydrogen-bond acceptors (Lipinski definition) is 11. The minimum absolute atomic E-state index is 0.0339. The molecule has 1 fully saturated rings. The summed E-state index contributed by atoms with van der Waals surface area (Å²) in [4.78, 5) is 51.3. The Labute approximate surface area is 502 Å². The number of unbranched alkanes of at least 4 members (excludes halogenated alkanes) is 17. The fraction of sp³-hybridized carbons (Fsp3) is 0.634. The predicted octanol–water partition coefficient (Wildman–Crippen LogP) is 17.3. The van der Waals surface area contributed by atoms with Crippen LogP contribution < -0.4 is 0 Å². The van der Waals surface area contributed by atoms with Gasteiger partial charge in [-0.2, -0.15) is 0 Å². The Morgan fingerprint density at radius 3 is 1.19 bits per heavy atom. The molecule has 0 radical (unpaired) electrons. The van der Waals surface area contributed by atoms with E-state index in [0.717, 1.165) is 148 Å². The molecule has 1 saturated heterocycles. The Kier molecular flexibility index (Phi) is 52.4. The Morgan fingerprint density at radius 2 is 0.771 bits per heavy atom. The molecule has 0 aliphatic carbocycles. The van der Waals surface area contributed by atoms with E-state index in [1.165, 1.54) is 25.7 Å². The number of ether oxygens (including phenoxy) is 5. The molecule has 0 aromatic heterocycles. The lowest BCUT2D eigenvalue weighted by Gasteiger charge is -2.40. The molecule has 0 saturated carbocycles. The van der Waals surface area contributed by atoms with Crippen molar-refractivity contribution in [2.24, 2.45) is 0 Å². The van der Waals surface area contributed by atoms with Crippen LogP contribution in [0.1, 0.15) is 239 Å². The molecule has 0 aromatic rings. The molecule has 12 nitrogen and oxygen atoms in total. The van der Waals surface area contributed by atoms with Crippen molar-refractivity contribution >= 4 is 23.9 Å². The average molecular weight is 1160 g/mol. The lowest BCUT2D eigenvalue weighted by atomic mass is 9.98. The number of allylic oxidation sites excluding steroid dienone is 22. The van der Waals surface area contributed by atoms with Crippen LogP contribution in [0, 0.1) is 0 Å². The minimum atomic E-state index is -1.93. The standard InChI is InChI=1S/C71H112O12/c1-4-7-10-13-16-19-22-25-28-31-32-35-36-39-42-45-48-51-54-57-63(72)79-60-62(81-64(73)58-55-52-49-46-43-40-37-33-29-26-23-20-17-14-11-8-5-2)61-80-71-69(67(76)66(75)68(83-71)70(77)78)82-65(74)59-56-53-50-47-44-41-38-34-30-27-24-21-18-15-12-9-6-3/h8-9,11-12,16-21,25-30,32,35,37,40,46,49,62,66-69,71,75-76H,4-7,10,13-15,22-24,31,33-34,36,38-39,41-45,47-48,50-61H2,1-3H3,(H,77,78)/b11-8-,12-9-,19-16-,20-17-,21-18-,28-25-,29-26-,30-27-,35-32-,40-37-,49-46-. The summed E-state index contributed by atoms with van der Waals surface area (Å²) in [5.41, 5.74) is 0. The number of carbonyl (C=O) groups excluding carboxylic acids is 3. The van der Waals surface area contributed by atoms with Crippen LogP contribution in [0.5, 0.6) is 0 Å². The number of carbonyl (C=O) groups is 4. The van der Waals surface area contributed by atoms with Crippen LogP contribution >= 0.6 is 0 Å². The predicted molar refractivity (Wildman–Crippen MR) is 340 cm³/mol. The molecule has 0 aromatic carbocycles. The molecule has 3 N–H and O–H groups in total. The Morgan fingerprint density at radius 1 is 0.410 bits per heavy atom. The molecule has 1 heterocycles. The van der Waals surface area contributed by atoms with E-state index < -0.39 is 67.3 Å². The minimum Gasteiger partial charge on any atom is -0.479 e. The first-order chi connectivity index (χ1) is 40.6. The highest BCUT2D eigenvalue weighted by molar-refractivity contribution is 5.74. The van der Waals surface area contributed by atoms with Crippen LogP contribution in [0.2, 0.25) is 0 Å². The first-order valence-electron chi connectivity index (χ1n) is 32.2. The van der Waals surface area contributed by atoms with E-state index in [9.17, 15) is 34.5 Å². The van der Waals surface area contributed by atoms with Gasteiger partial charge >= 0.3 is 23.9 Å². The molecule has 6 atom stereocenters. The SMILES string of the molecule is CC/C=C\C/C=C\C/C=C\C/C=C\C/C=C\CCCC(=O)OC(COC(=O)CCCCCCCC/C=C\C/C=C\C/C=C\CCCCC)COC1OC(C(=O)O)C(O)C(O)C1OC(=O)CCCCCCCCC/C=C\C/C=C\C/C=C\CC. The van der Waals surface area contributed by atoms with Crippen molar-refractivity contribution in [2.45, 2.75) is 276 Å². The van der Waals surface area contributed by atoms with Crippen LogP contribution in [-0.2, 0) is 42.9 Å². The monoisotopic (exact) mass is 1160 g/mol. The molecule has 0 bridgehead atoms. The fourth-order valence-electron chi connectivity index (χ4n) is 8.84. The quantitative estimate of drug-likeness (QED) is 0.0228. The summed E-state index contributed by atoms with van der Waals surface area (Å²) in [6.07, 6.45) is 68.4. The number of aliphatic carboxylic acids is 1. The van der Waals surface area contributed by atoms with E-state index in [0.29, 0.717) is 25.7 Å². The summed E-state index contributed by atoms with van der Waals surface area (Å²) in [6, 6.07) is 0. The lowest BCUT2D eigenvalue weighted by Crippen LogP contribution is -2.61. The number of rotatable bonds is 53. The molecule has 0 spiro atoms. The van der Waals surface area contributed by atoms with Crippen LogP contribution in [0.15, 0.2) is 134 Å². The van der Waals surface area contributed by atoms with Gasteiger partial charge in [0.05, 0.1) is 6.61 Å². The van der Waals surface area contributed by atoms with E-state index in [1.807, 2.05) is 12.2 Å². The summed E-state index contributed by atoms with van der Waals surface area (Å²) in [6.45, 7) is 5.69. The van der Waals surface area contributed by atoms with Crippen LogP contribution in [0.25, 0.3) is 0 Å². The molecular formula is C71H112O12. The van der Waals surface area contributed by atoms with Crippen molar-refractivity contribution in [2.75, 3.05) is 13.2 Å². The average Bonchev–Trinajstić information content (AvgIpc) is 3.59. The number of esters is 3. The van der Waals surface area contributed by atoms with Gasteiger partial charge in [-0.15, -0.1) is 0 Å². The molecule has 0 amide bonds. The van der Waals surface area contributed by atoms with Gasteiger partial charge in [-0.25, -0.2) is 4.79 Å². The highest BCUT2D eigenvalue weighted by atomic mass is 16.7. The second-order valence-electron chi connectivity index (χ2n) is 21.3. The van der Waals surface area contributed by atoms with Gasteiger partial charge in [0, 0.05) is 19.3 Å². The van der Waals surface area contributed by atoms with Gasteiger partial charge in [0.25, 0.3) is 0 Å². The van der Waals surface area contributed by atoms with Crippen LogP contribution in [-0.4, -0.2) is 89.2 Å². The maximum atomic E-state index is 13.2. The maximum Gasteiger partial charge on any atom is 0.335 e. The summed E-state index contributed by atoms with van der Waals surface area (Å²) in [5.74, 6) is -3.24. The van der Waals surface area contributed by atoms with E-state index >= 15 is 0 Å². The number of aliphatic hydroxyl groups is 2. The number of carboxylic acids is 1. The first-order valence-corrected chi connectivity index (χ1v) is 32.2. The second-order valence-corrected chi connectivity index (χ2v) is 21.3. The van der Waals surface area contributed by atoms with Crippen LogP contribution in [0.4, 0.5) is 0 Å². The van der Waals surface area contributed by atoms with Crippen molar-refractivity contribution in [3.05, 3.63) is 134 Å². The summed E-state index contributed by atoms with van der Waals surface area (Å²) in [7, 11) is 0. The van der Waals surface area contributed by atoms with Crippen molar-refractivity contribution in [3.63, 3.8) is 0 Å². The Hall–Kier alpha value is -5.14. The van der Waals surface area contributed by atoms with Gasteiger partial charge in [0.2, 0.25) is 0 Å². The van der Waals surface area contributed by atoms with Crippen molar-refractivity contribution in [1.29, 1.82) is 0 Å². The molecule has 83 heavy (non-hydrogen) atoms. The maximum absolute atomic E-state index is 13.2. The van der Waals surface area contributed by atoms with Crippen molar-refractivity contribution in [1.82, 2.24) is 0 Å². The molecule has 1 aliphatic heterocycles. The zero-order chi connectivity index (χ0) is 60.3. The van der Waals surface area contributed by atoms with Gasteiger partial charge in [0.1, 0.15) is 18.8 Å². The molecule has 1 rings (SSSR count). The summed E-state index contributed by atoms with van der Waals surface area (Å²) in [5, 5.41) is 31.6. The summed E-state index contributed by atoms with van der Waals surface area (Å²) >= 11 is 0. The number of aliphatic hydroxyl groups excluding tert-OH is 2. The highest BCUT2D eigenvalue weighted by Crippen LogP contribution is 2.26. The number of carboxylic acid groups (broad SMARTS) is 1. The third-order valence-electron chi connectivity index (χ3n) is 13.7. The highest BCUT2D eigenvalue weighted by Gasteiger charge is 2.50. The molecular weight excluding hydrogens is 1040 g/mol. The smallest absolute Gasteiger partial charge is 0.335 e. The normalized spacial score (nSPS) is 18.5. The molecule has 6 unspecified atom stereocenters. The van der Waals surface area contributed by atoms with Gasteiger partial charge < -0.3 is 39.0 Å². The van der Waals surface area contributed by atoms with Gasteiger partial charge in [-0.1, -0.05) is 225 Å². The van der Waals surface area contributed by atoms with E-state index in [4.69, 9.17) is 23.7 Å². The van der Waals surface area contributed by atoms with Crippen LogP contribution in [0.3, 0.4) is 0 Å². The van der Waals surface area contributed by atoms with Crippen molar-refractivity contribution < 1.29 is 58.2 Å². The zero-order valence-electron chi connectivity index (χ0n) is 51.6. The van der Waals surface area contributed by atoms with E-state index in [2.05, 4.69) is 142 Å². The molecule has 1 aliphatic rings.